The summed E-state index contributed by atoms with van der Waals surface area (Å²) in [6.07, 6.45) is 3.68. The largest absolute Gasteiger partial charge is 0.358 e. The molecule has 1 aromatic heterocycles. The van der Waals surface area contributed by atoms with Gasteiger partial charge in [-0.15, -0.1) is 0 Å². The second-order valence-electron chi connectivity index (χ2n) is 4.55. The van der Waals surface area contributed by atoms with Crippen molar-refractivity contribution in [3.8, 4) is 0 Å². The smallest absolute Gasteiger partial charge is 0.163 e. The molecule has 19 heavy (non-hydrogen) atoms. The van der Waals surface area contributed by atoms with Crippen molar-refractivity contribution in [2.24, 2.45) is 0 Å². The standard InChI is InChI=1S/C12H15ClN4O2/c1-2-16-8(6-18)17(9-4-3-5-19-9)12-10(16)11(13)14-7-15-12/h6-9H,2-5H2,1H3. The van der Waals surface area contributed by atoms with Crippen LogP contribution in [0.25, 0.3) is 0 Å². The van der Waals surface area contributed by atoms with Gasteiger partial charge in [0, 0.05) is 13.2 Å². The van der Waals surface area contributed by atoms with Crippen molar-refractivity contribution in [3.63, 3.8) is 0 Å². The zero-order chi connectivity index (χ0) is 13.4. The normalized spacial score (nSPS) is 25.8. The molecular formula is C12H15ClN4O2. The maximum Gasteiger partial charge on any atom is 0.163 e. The number of ether oxygens (including phenoxy) is 1. The van der Waals surface area contributed by atoms with Crippen molar-refractivity contribution >= 4 is 29.4 Å². The van der Waals surface area contributed by atoms with Crippen LogP contribution in [0.15, 0.2) is 6.33 Å². The van der Waals surface area contributed by atoms with Crippen LogP contribution in [-0.4, -0.2) is 41.8 Å². The van der Waals surface area contributed by atoms with Crippen molar-refractivity contribution < 1.29 is 9.53 Å². The lowest BCUT2D eigenvalue weighted by Gasteiger charge is -2.31. The first-order valence-electron chi connectivity index (χ1n) is 6.40. The molecule has 102 valence electrons. The van der Waals surface area contributed by atoms with Gasteiger partial charge in [-0.1, -0.05) is 11.6 Å². The Morgan fingerprint density at radius 2 is 2.42 bits per heavy atom. The van der Waals surface area contributed by atoms with Crippen LogP contribution >= 0.6 is 11.6 Å². The summed E-state index contributed by atoms with van der Waals surface area (Å²) in [5, 5.41) is 0.374. The molecule has 0 bridgehead atoms. The molecule has 0 N–H and O–H groups in total. The van der Waals surface area contributed by atoms with E-state index >= 15 is 0 Å². The van der Waals surface area contributed by atoms with Crippen molar-refractivity contribution in [1.29, 1.82) is 0 Å². The van der Waals surface area contributed by atoms with E-state index in [0.717, 1.165) is 24.8 Å². The number of likely N-dealkylation sites (N-methyl/N-ethyl adjacent to an activating group) is 1. The number of carbonyl (C=O) groups is 1. The molecule has 3 rings (SSSR count). The van der Waals surface area contributed by atoms with Gasteiger partial charge in [0.05, 0.1) is 0 Å². The molecule has 3 heterocycles. The maximum absolute atomic E-state index is 11.5. The summed E-state index contributed by atoms with van der Waals surface area (Å²) in [7, 11) is 0. The Labute approximate surface area is 116 Å². The first-order chi connectivity index (χ1) is 9.27. The summed E-state index contributed by atoms with van der Waals surface area (Å²) in [5.74, 6) is 0.686. The van der Waals surface area contributed by atoms with E-state index in [-0.39, 0.29) is 6.23 Å². The van der Waals surface area contributed by atoms with Crippen LogP contribution in [0.1, 0.15) is 19.8 Å². The summed E-state index contributed by atoms with van der Waals surface area (Å²) in [5.41, 5.74) is 0.722. The van der Waals surface area contributed by atoms with Gasteiger partial charge < -0.3 is 14.5 Å². The number of carbonyl (C=O) groups excluding carboxylic acids is 1. The molecule has 1 fully saturated rings. The minimum absolute atomic E-state index is 0.114. The van der Waals surface area contributed by atoms with Gasteiger partial charge in [-0.05, 0) is 19.8 Å². The number of nitrogens with zero attached hydrogens (tertiary/aromatic N) is 4. The monoisotopic (exact) mass is 282 g/mol. The molecule has 0 saturated carbocycles. The minimum Gasteiger partial charge on any atom is -0.358 e. The highest BCUT2D eigenvalue weighted by Crippen LogP contribution is 2.43. The van der Waals surface area contributed by atoms with Gasteiger partial charge in [-0.3, -0.25) is 4.79 Å². The van der Waals surface area contributed by atoms with E-state index in [1.54, 1.807) is 0 Å². The number of fused-ring (bicyclic) bond motifs is 1. The number of hydrogen-bond acceptors (Lipinski definition) is 6. The average molecular weight is 283 g/mol. The lowest BCUT2D eigenvalue weighted by molar-refractivity contribution is -0.109. The Kier molecular flexibility index (Phi) is 3.28. The van der Waals surface area contributed by atoms with Gasteiger partial charge >= 0.3 is 0 Å². The molecule has 0 spiro atoms. The SMILES string of the molecule is CCN1c2c(Cl)ncnc2N(C2CCCO2)C1C=O. The van der Waals surface area contributed by atoms with E-state index in [0.29, 0.717) is 24.1 Å². The first-order valence-corrected chi connectivity index (χ1v) is 6.78. The van der Waals surface area contributed by atoms with Crippen LogP contribution in [0.4, 0.5) is 11.5 Å². The van der Waals surface area contributed by atoms with Crippen LogP contribution in [0, 0.1) is 0 Å². The van der Waals surface area contributed by atoms with Crippen LogP contribution in [0.5, 0.6) is 0 Å². The van der Waals surface area contributed by atoms with Crippen molar-refractivity contribution in [1.82, 2.24) is 9.97 Å². The Bertz CT molecular complexity index is 493. The zero-order valence-corrected chi connectivity index (χ0v) is 11.4. The van der Waals surface area contributed by atoms with E-state index in [1.807, 2.05) is 16.7 Å². The highest BCUT2D eigenvalue weighted by molar-refractivity contribution is 6.33. The molecule has 0 radical (unpaired) electrons. The molecule has 2 aliphatic rings. The van der Waals surface area contributed by atoms with Crippen molar-refractivity contribution in [3.05, 3.63) is 11.5 Å². The third-order valence-corrected chi connectivity index (χ3v) is 3.85. The molecule has 7 heteroatoms. The van der Waals surface area contributed by atoms with Gasteiger partial charge in [0.2, 0.25) is 0 Å². The van der Waals surface area contributed by atoms with Gasteiger partial charge in [0.15, 0.2) is 23.4 Å². The number of aromatic nitrogens is 2. The molecule has 2 aliphatic heterocycles. The molecule has 1 saturated heterocycles. The van der Waals surface area contributed by atoms with E-state index < -0.39 is 6.17 Å². The number of anilines is 2. The highest BCUT2D eigenvalue weighted by atomic mass is 35.5. The van der Waals surface area contributed by atoms with Crippen LogP contribution in [-0.2, 0) is 9.53 Å². The lowest BCUT2D eigenvalue weighted by Crippen LogP contribution is -2.49. The van der Waals surface area contributed by atoms with Crippen molar-refractivity contribution in [2.75, 3.05) is 23.0 Å². The minimum atomic E-state index is -0.419. The third-order valence-electron chi connectivity index (χ3n) is 3.57. The number of hydrogen-bond donors (Lipinski definition) is 0. The predicted molar refractivity (Wildman–Crippen MR) is 71.4 cm³/mol. The number of aldehydes is 1. The fourth-order valence-electron chi connectivity index (χ4n) is 2.76. The fraction of sp³-hybridized carbons (Fsp3) is 0.583. The summed E-state index contributed by atoms with van der Waals surface area (Å²) >= 11 is 6.16. The Balaban J connectivity index is 2.08. The second-order valence-corrected chi connectivity index (χ2v) is 4.91. The molecule has 1 aromatic rings. The Hall–Kier alpha value is -1.40. The predicted octanol–water partition coefficient (Wildman–Crippen LogP) is 1.44. The molecule has 0 aromatic carbocycles. The van der Waals surface area contributed by atoms with Gasteiger partial charge in [-0.2, -0.15) is 0 Å². The van der Waals surface area contributed by atoms with Crippen molar-refractivity contribution in [2.45, 2.75) is 32.2 Å². The van der Waals surface area contributed by atoms with E-state index in [4.69, 9.17) is 16.3 Å². The Morgan fingerprint density at radius 1 is 1.58 bits per heavy atom. The summed E-state index contributed by atoms with van der Waals surface area (Å²) in [6.45, 7) is 3.35. The topological polar surface area (TPSA) is 58.6 Å². The van der Waals surface area contributed by atoms with E-state index in [9.17, 15) is 4.79 Å². The zero-order valence-electron chi connectivity index (χ0n) is 10.6. The van der Waals surface area contributed by atoms with E-state index in [2.05, 4.69) is 9.97 Å². The number of halogens is 1. The van der Waals surface area contributed by atoms with Crippen LogP contribution in [0.3, 0.4) is 0 Å². The first kappa shape index (κ1) is 12.6. The molecule has 6 nitrogen and oxygen atoms in total. The quantitative estimate of drug-likeness (QED) is 0.618. The highest BCUT2D eigenvalue weighted by Gasteiger charge is 2.43. The molecule has 2 atom stereocenters. The Morgan fingerprint density at radius 3 is 3.05 bits per heavy atom. The van der Waals surface area contributed by atoms with Gasteiger partial charge in [-0.25, -0.2) is 9.97 Å². The van der Waals surface area contributed by atoms with Crippen LogP contribution < -0.4 is 9.80 Å². The summed E-state index contributed by atoms with van der Waals surface area (Å²) < 4.78 is 5.70. The lowest BCUT2D eigenvalue weighted by atomic mass is 10.3. The molecule has 2 unspecified atom stereocenters. The third kappa shape index (κ3) is 1.86. The molecular weight excluding hydrogens is 268 g/mol. The maximum atomic E-state index is 11.5. The van der Waals surface area contributed by atoms with Gasteiger partial charge in [0.1, 0.15) is 18.2 Å². The summed E-state index contributed by atoms with van der Waals surface area (Å²) in [4.78, 5) is 23.6. The average Bonchev–Trinajstić information content (AvgIpc) is 3.03. The number of rotatable bonds is 3. The second kappa shape index (κ2) is 4.94. The summed E-state index contributed by atoms with van der Waals surface area (Å²) in [6, 6.07) is 0. The fourth-order valence-corrected chi connectivity index (χ4v) is 3.00. The molecule has 0 amide bonds. The van der Waals surface area contributed by atoms with E-state index in [1.165, 1.54) is 6.33 Å². The van der Waals surface area contributed by atoms with Crippen LogP contribution in [0.2, 0.25) is 5.15 Å². The van der Waals surface area contributed by atoms with Gasteiger partial charge in [0.25, 0.3) is 0 Å². The molecule has 0 aliphatic carbocycles.